The number of benzene rings is 1. The quantitative estimate of drug-likeness (QED) is 0.845. The van der Waals surface area contributed by atoms with Crippen LogP contribution in [0, 0.1) is 6.92 Å². The summed E-state index contributed by atoms with van der Waals surface area (Å²) in [4.78, 5) is 26.7. The number of nitrogens with zero attached hydrogens (tertiary/aromatic N) is 1. The Morgan fingerprint density at radius 1 is 1.24 bits per heavy atom. The minimum Gasteiger partial charge on any atom is -0.478 e. The van der Waals surface area contributed by atoms with E-state index in [0.29, 0.717) is 16.9 Å². The minimum absolute atomic E-state index is 0.289. The molecule has 0 aliphatic rings. The highest BCUT2D eigenvalue weighted by atomic mass is 16.4. The molecule has 0 fully saturated rings. The lowest BCUT2D eigenvalue weighted by Crippen LogP contribution is -2.13. The van der Waals surface area contributed by atoms with E-state index in [1.165, 1.54) is 6.08 Å². The number of amides is 1. The van der Waals surface area contributed by atoms with Crippen LogP contribution in [0.25, 0.3) is 6.08 Å². The number of hydrogen-bond donors (Lipinski definition) is 2. The number of aliphatic carboxylic acids is 1. The van der Waals surface area contributed by atoms with E-state index in [1.807, 2.05) is 6.92 Å². The summed E-state index contributed by atoms with van der Waals surface area (Å²) in [5.41, 5.74) is 1.97. The van der Waals surface area contributed by atoms with E-state index in [4.69, 9.17) is 5.11 Å². The molecule has 0 unspecified atom stereocenters. The van der Waals surface area contributed by atoms with Gasteiger partial charge in [-0.25, -0.2) is 9.78 Å². The summed E-state index contributed by atoms with van der Waals surface area (Å²) < 4.78 is 0. The third kappa shape index (κ3) is 4.28. The second-order valence-corrected chi connectivity index (χ2v) is 4.47. The average molecular weight is 282 g/mol. The van der Waals surface area contributed by atoms with Crippen LogP contribution in [0.1, 0.15) is 21.5 Å². The van der Waals surface area contributed by atoms with Gasteiger partial charge < -0.3 is 10.4 Å². The molecule has 1 amide bonds. The van der Waals surface area contributed by atoms with Crippen molar-refractivity contribution in [2.45, 2.75) is 6.92 Å². The van der Waals surface area contributed by atoms with Gasteiger partial charge in [-0.05, 0) is 48.4 Å². The lowest BCUT2D eigenvalue weighted by Gasteiger charge is -2.06. The molecule has 2 aromatic rings. The number of carboxylic acid groups (broad SMARTS) is 1. The van der Waals surface area contributed by atoms with Crippen LogP contribution in [-0.4, -0.2) is 22.0 Å². The van der Waals surface area contributed by atoms with E-state index in [-0.39, 0.29) is 5.91 Å². The molecule has 1 aromatic heterocycles. The van der Waals surface area contributed by atoms with Crippen molar-refractivity contribution in [1.29, 1.82) is 0 Å². The van der Waals surface area contributed by atoms with Crippen molar-refractivity contribution in [3.05, 3.63) is 65.4 Å². The van der Waals surface area contributed by atoms with Crippen LogP contribution in [-0.2, 0) is 4.79 Å². The number of aryl methyl sites for hydroxylation is 1. The van der Waals surface area contributed by atoms with Crippen LogP contribution in [0.2, 0.25) is 0 Å². The van der Waals surface area contributed by atoms with E-state index >= 15 is 0 Å². The average Bonchev–Trinajstić information content (AvgIpc) is 2.45. The van der Waals surface area contributed by atoms with Crippen molar-refractivity contribution in [3.8, 4) is 0 Å². The van der Waals surface area contributed by atoms with Gasteiger partial charge in [-0.2, -0.15) is 0 Å². The van der Waals surface area contributed by atoms with Gasteiger partial charge in [-0.1, -0.05) is 12.1 Å². The van der Waals surface area contributed by atoms with Gasteiger partial charge in [0, 0.05) is 17.8 Å². The van der Waals surface area contributed by atoms with Crippen LogP contribution in [0.5, 0.6) is 0 Å². The van der Waals surface area contributed by atoms with Gasteiger partial charge >= 0.3 is 5.97 Å². The molecule has 21 heavy (non-hydrogen) atoms. The lowest BCUT2D eigenvalue weighted by molar-refractivity contribution is -0.131. The Kier molecular flexibility index (Phi) is 4.46. The third-order valence-electron chi connectivity index (χ3n) is 2.69. The molecule has 0 bridgehead atoms. The van der Waals surface area contributed by atoms with Crippen molar-refractivity contribution in [2.24, 2.45) is 0 Å². The Balaban J connectivity index is 2.23. The van der Waals surface area contributed by atoms with Gasteiger partial charge in [-0.15, -0.1) is 0 Å². The maximum atomic E-state index is 12.2. The number of rotatable bonds is 4. The van der Waals surface area contributed by atoms with Crippen LogP contribution in [0.4, 0.5) is 5.82 Å². The van der Waals surface area contributed by atoms with Crippen LogP contribution < -0.4 is 5.32 Å². The molecule has 5 heteroatoms. The fourth-order valence-corrected chi connectivity index (χ4v) is 1.83. The first-order valence-electron chi connectivity index (χ1n) is 6.30. The zero-order chi connectivity index (χ0) is 15.2. The molecular formula is C16H14N2O3. The molecule has 2 rings (SSSR count). The number of hydrogen-bond acceptors (Lipinski definition) is 3. The largest absolute Gasteiger partial charge is 0.478 e. The van der Waals surface area contributed by atoms with Gasteiger partial charge in [0.05, 0.1) is 0 Å². The number of carbonyl (C=O) groups excluding carboxylic acids is 1. The number of nitrogens with one attached hydrogen (secondary N) is 1. The Bertz CT molecular complexity index is 694. The molecule has 0 spiro atoms. The van der Waals surface area contributed by atoms with Crippen molar-refractivity contribution in [3.63, 3.8) is 0 Å². The summed E-state index contributed by atoms with van der Waals surface area (Å²) in [6.07, 6.45) is 4.08. The molecule has 0 saturated heterocycles. The smallest absolute Gasteiger partial charge is 0.328 e. The second kappa shape index (κ2) is 6.47. The molecule has 2 N–H and O–H groups in total. The Hall–Kier alpha value is -2.95. The summed E-state index contributed by atoms with van der Waals surface area (Å²) >= 11 is 0. The van der Waals surface area contributed by atoms with E-state index in [9.17, 15) is 9.59 Å². The molecule has 0 aliphatic heterocycles. The molecule has 0 atom stereocenters. The summed E-state index contributed by atoms with van der Waals surface area (Å²) in [6.45, 7) is 1.84. The SMILES string of the molecule is Cc1cc(/C=C/C(=O)O)cc(C(=O)Nc2ccccn2)c1. The highest BCUT2D eigenvalue weighted by Gasteiger charge is 2.08. The van der Waals surface area contributed by atoms with E-state index < -0.39 is 5.97 Å². The molecular weight excluding hydrogens is 268 g/mol. The predicted molar refractivity (Wildman–Crippen MR) is 80.0 cm³/mol. The van der Waals surface area contributed by atoms with Gasteiger partial charge in [-0.3, -0.25) is 4.79 Å². The van der Waals surface area contributed by atoms with Crippen LogP contribution in [0.15, 0.2) is 48.7 Å². The first kappa shape index (κ1) is 14.5. The van der Waals surface area contributed by atoms with Crippen LogP contribution in [0.3, 0.4) is 0 Å². The second-order valence-electron chi connectivity index (χ2n) is 4.47. The molecule has 1 aromatic carbocycles. The molecule has 1 heterocycles. The first-order chi connectivity index (χ1) is 10.0. The van der Waals surface area contributed by atoms with Gasteiger partial charge in [0.2, 0.25) is 0 Å². The number of carboxylic acids is 1. The molecule has 0 saturated carbocycles. The molecule has 106 valence electrons. The van der Waals surface area contributed by atoms with Gasteiger partial charge in [0.1, 0.15) is 5.82 Å². The lowest BCUT2D eigenvalue weighted by atomic mass is 10.1. The van der Waals surface area contributed by atoms with Crippen molar-refractivity contribution < 1.29 is 14.7 Å². The fraction of sp³-hybridized carbons (Fsp3) is 0.0625. The normalized spacial score (nSPS) is 10.5. The van der Waals surface area contributed by atoms with Gasteiger partial charge in [0.25, 0.3) is 5.91 Å². The maximum absolute atomic E-state index is 12.2. The van der Waals surface area contributed by atoms with Crippen molar-refractivity contribution in [1.82, 2.24) is 4.98 Å². The zero-order valence-corrected chi connectivity index (χ0v) is 11.4. The highest BCUT2D eigenvalue weighted by molar-refractivity contribution is 6.04. The molecule has 5 nitrogen and oxygen atoms in total. The summed E-state index contributed by atoms with van der Waals surface area (Å²) in [5, 5.41) is 11.3. The van der Waals surface area contributed by atoms with Crippen molar-refractivity contribution in [2.75, 3.05) is 5.32 Å². The summed E-state index contributed by atoms with van der Waals surface area (Å²) in [5.74, 6) is -0.856. The number of carbonyl (C=O) groups is 2. The minimum atomic E-state index is -1.03. The standard InChI is InChI=1S/C16H14N2O3/c1-11-8-12(5-6-15(19)20)10-13(9-11)16(21)18-14-4-2-3-7-17-14/h2-10H,1H3,(H,19,20)(H,17,18,21)/b6-5+. The Labute approximate surface area is 122 Å². The first-order valence-corrected chi connectivity index (χ1v) is 6.30. The Morgan fingerprint density at radius 2 is 2.05 bits per heavy atom. The number of aromatic nitrogens is 1. The predicted octanol–water partition coefficient (Wildman–Crippen LogP) is 2.74. The van der Waals surface area contributed by atoms with Gasteiger partial charge in [0.15, 0.2) is 0 Å². The molecule has 0 aliphatic carbocycles. The highest BCUT2D eigenvalue weighted by Crippen LogP contribution is 2.13. The van der Waals surface area contributed by atoms with E-state index in [1.54, 1.807) is 42.6 Å². The van der Waals surface area contributed by atoms with E-state index in [2.05, 4.69) is 10.3 Å². The summed E-state index contributed by atoms with van der Waals surface area (Å²) in [6, 6.07) is 10.4. The molecule has 0 radical (unpaired) electrons. The third-order valence-corrected chi connectivity index (χ3v) is 2.69. The maximum Gasteiger partial charge on any atom is 0.328 e. The topological polar surface area (TPSA) is 79.3 Å². The Morgan fingerprint density at radius 3 is 2.71 bits per heavy atom. The fourth-order valence-electron chi connectivity index (χ4n) is 1.83. The number of anilines is 1. The summed E-state index contributed by atoms with van der Waals surface area (Å²) in [7, 11) is 0. The van der Waals surface area contributed by atoms with Crippen LogP contribution >= 0.6 is 0 Å². The van der Waals surface area contributed by atoms with Crippen molar-refractivity contribution >= 4 is 23.8 Å². The van der Waals surface area contributed by atoms with E-state index in [0.717, 1.165) is 11.6 Å². The number of pyridine rings is 1. The zero-order valence-electron chi connectivity index (χ0n) is 11.4. The monoisotopic (exact) mass is 282 g/mol.